The van der Waals surface area contributed by atoms with E-state index in [4.69, 9.17) is 0 Å². The van der Waals surface area contributed by atoms with E-state index in [2.05, 4.69) is 5.32 Å². The fourth-order valence-corrected chi connectivity index (χ4v) is 5.62. The summed E-state index contributed by atoms with van der Waals surface area (Å²) in [6.07, 6.45) is 0. The second-order valence-electron chi connectivity index (χ2n) is 7.67. The normalized spacial score (nSPS) is 15.1. The van der Waals surface area contributed by atoms with Crippen molar-refractivity contribution in [3.05, 3.63) is 83.4 Å². The highest BCUT2D eigenvalue weighted by molar-refractivity contribution is 7.93. The van der Waals surface area contributed by atoms with Crippen molar-refractivity contribution in [3.8, 4) is 11.1 Å². The van der Waals surface area contributed by atoms with Crippen LogP contribution in [0.5, 0.6) is 0 Å². The van der Waals surface area contributed by atoms with Crippen molar-refractivity contribution < 1.29 is 13.2 Å². The third kappa shape index (κ3) is 3.48. The van der Waals surface area contributed by atoms with E-state index in [1.807, 2.05) is 57.2 Å². The smallest absolute Gasteiger partial charge is 0.265 e. The number of hydrogen-bond donors (Lipinski definition) is 1. The molecule has 1 N–H and O–H groups in total. The van der Waals surface area contributed by atoms with Crippen LogP contribution in [0, 0.1) is 13.8 Å². The molecule has 0 fully saturated rings. The average Bonchev–Trinajstić information content (AvgIpc) is 2.73. The molecule has 1 heterocycles. The highest BCUT2D eigenvalue weighted by Crippen LogP contribution is 2.42. The Morgan fingerprint density at radius 3 is 2.40 bits per heavy atom. The Balaban J connectivity index is 1.64. The van der Waals surface area contributed by atoms with Crippen molar-refractivity contribution in [1.29, 1.82) is 0 Å². The largest absolute Gasteiger partial charge is 0.348 e. The van der Waals surface area contributed by atoms with E-state index in [1.165, 1.54) is 4.31 Å². The number of nitrogens with zero attached hydrogens (tertiary/aromatic N) is 1. The molecule has 0 saturated carbocycles. The SMILES string of the molecule is Cc1ccc(C)c([C@H](C)NC(=O)CN2c3ccccc3-c3ccccc3S2(=O)=O)c1. The minimum atomic E-state index is -3.83. The minimum Gasteiger partial charge on any atom is -0.348 e. The molecular formula is C24H24N2O3S. The molecule has 154 valence electrons. The molecule has 1 amide bonds. The fraction of sp³-hybridized carbons (Fsp3) is 0.208. The molecule has 0 aliphatic carbocycles. The van der Waals surface area contributed by atoms with Crippen molar-refractivity contribution >= 4 is 21.6 Å². The molecule has 1 aliphatic heterocycles. The molecule has 0 unspecified atom stereocenters. The molecular weight excluding hydrogens is 396 g/mol. The second kappa shape index (κ2) is 7.61. The zero-order chi connectivity index (χ0) is 21.5. The lowest BCUT2D eigenvalue weighted by Gasteiger charge is -2.32. The number of nitrogens with one attached hydrogen (secondary N) is 1. The van der Waals surface area contributed by atoms with E-state index in [1.54, 1.807) is 30.3 Å². The van der Waals surface area contributed by atoms with Crippen LogP contribution in [0.2, 0.25) is 0 Å². The summed E-state index contributed by atoms with van der Waals surface area (Å²) < 4.78 is 27.8. The Bertz CT molecular complexity index is 1230. The number of carbonyl (C=O) groups excluding carboxylic acids is 1. The Morgan fingerprint density at radius 2 is 1.63 bits per heavy atom. The highest BCUT2D eigenvalue weighted by atomic mass is 32.2. The highest BCUT2D eigenvalue weighted by Gasteiger charge is 2.35. The molecule has 6 heteroatoms. The Kier molecular flexibility index (Phi) is 5.12. The summed E-state index contributed by atoms with van der Waals surface area (Å²) in [6, 6.07) is 20.0. The van der Waals surface area contributed by atoms with Gasteiger partial charge in [0.15, 0.2) is 0 Å². The van der Waals surface area contributed by atoms with Gasteiger partial charge in [0, 0.05) is 11.1 Å². The molecule has 0 saturated heterocycles. The molecule has 30 heavy (non-hydrogen) atoms. The third-order valence-corrected chi connectivity index (χ3v) is 7.30. The van der Waals surface area contributed by atoms with Crippen LogP contribution in [0.25, 0.3) is 11.1 Å². The summed E-state index contributed by atoms with van der Waals surface area (Å²) in [7, 11) is -3.83. The van der Waals surface area contributed by atoms with Gasteiger partial charge in [-0.05, 0) is 44.0 Å². The number of aryl methyl sites for hydroxylation is 2. The van der Waals surface area contributed by atoms with Gasteiger partial charge in [0.25, 0.3) is 10.0 Å². The molecule has 0 aromatic heterocycles. The molecule has 3 aromatic carbocycles. The maximum Gasteiger partial charge on any atom is 0.265 e. The van der Waals surface area contributed by atoms with Crippen LogP contribution >= 0.6 is 0 Å². The Morgan fingerprint density at radius 1 is 0.967 bits per heavy atom. The molecule has 1 aliphatic rings. The number of anilines is 1. The van der Waals surface area contributed by atoms with Gasteiger partial charge in [-0.2, -0.15) is 0 Å². The Labute approximate surface area is 177 Å². The summed E-state index contributed by atoms with van der Waals surface area (Å²) in [5.41, 5.74) is 5.20. The van der Waals surface area contributed by atoms with Crippen LogP contribution < -0.4 is 9.62 Å². The van der Waals surface area contributed by atoms with Crippen molar-refractivity contribution in [3.63, 3.8) is 0 Å². The molecule has 4 rings (SSSR count). The predicted octanol–water partition coefficient (Wildman–Crippen LogP) is 4.36. The first kappa shape index (κ1) is 20.2. The number of sulfonamides is 1. The summed E-state index contributed by atoms with van der Waals surface area (Å²) in [5, 5.41) is 2.96. The van der Waals surface area contributed by atoms with Crippen molar-refractivity contribution in [2.24, 2.45) is 0 Å². The minimum absolute atomic E-state index is 0.221. The molecule has 0 bridgehead atoms. The molecule has 5 nitrogen and oxygen atoms in total. The number of rotatable bonds is 4. The quantitative estimate of drug-likeness (QED) is 0.682. The van der Waals surface area contributed by atoms with E-state index in [0.29, 0.717) is 11.3 Å². The zero-order valence-electron chi connectivity index (χ0n) is 17.2. The lowest BCUT2D eigenvalue weighted by atomic mass is 10.00. The first-order chi connectivity index (χ1) is 14.3. The number of hydrogen-bond acceptors (Lipinski definition) is 3. The van der Waals surface area contributed by atoms with Gasteiger partial charge < -0.3 is 5.32 Å². The van der Waals surface area contributed by atoms with E-state index in [9.17, 15) is 13.2 Å². The fourth-order valence-electron chi connectivity index (χ4n) is 3.97. The lowest BCUT2D eigenvalue weighted by molar-refractivity contribution is -0.120. The predicted molar refractivity (Wildman–Crippen MR) is 119 cm³/mol. The van der Waals surface area contributed by atoms with Crippen molar-refractivity contribution in [2.75, 3.05) is 10.8 Å². The molecule has 1 atom stereocenters. The second-order valence-corrected chi connectivity index (χ2v) is 9.50. The van der Waals surface area contributed by atoms with Gasteiger partial charge >= 0.3 is 0 Å². The van der Waals surface area contributed by atoms with Crippen LogP contribution in [0.4, 0.5) is 5.69 Å². The van der Waals surface area contributed by atoms with Gasteiger partial charge in [0.05, 0.1) is 16.6 Å². The topological polar surface area (TPSA) is 66.5 Å². The van der Waals surface area contributed by atoms with E-state index in [0.717, 1.165) is 22.3 Å². The molecule has 3 aromatic rings. The molecule has 0 radical (unpaired) electrons. The van der Waals surface area contributed by atoms with Gasteiger partial charge in [-0.15, -0.1) is 0 Å². The van der Waals surface area contributed by atoms with Gasteiger partial charge in [-0.25, -0.2) is 8.42 Å². The number of fused-ring (bicyclic) bond motifs is 3. The standard InChI is InChI=1S/C24H24N2O3S/c1-16-12-13-17(2)21(14-16)18(3)25-24(27)15-26-22-10-6-4-8-19(22)20-9-5-7-11-23(20)30(26,28)29/h4-14,18H,15H2,1-3H3,(H,25,27)/t18-/m0/s1. The van der Waals surface area contributed by atoms with Gasteiger partial charge in [-0.1, -0.05) is 60.2 Å². The summed E-state index contributed by atoms with van der Waals surface area (Å²) in [6.45, 7) is 5.64. The van der Waals surface area contributed by atoms with Crippen LogP contribution in [0.1, 0.15) is 29.7 Å². The van der Waals surface area contributed by atoms with Gasteiger partial charge in [0.2, 0.25) is 5.91 Å². The number of benzene rings is 3. The maximum absolute atomic E-state index is 13.3. The van der Waals surface area contributed by atoms with E-state index in [-0.39, 0.29) is 23.4 Å². The van der Waals surface area contributed by atoms with Crippen LogP contribution in [-0.4, -0.2) is 20.9 Å². The first-order valence-corrected chi connectivity index (χ1v) is 11.3. The van der Waals surface area contributed by atoms with E-state index >= 15 is 0 Å². The van der Waals surface area contributed by atoms with E-state index < -0.39 is 10.0 Å². The third-order valence-electron chi connectivity index (χ3n) is 5.48. The zero-order valence-corrected chi connectivity index (χ0v) is 18.0. The average molecular weight is 421 g/mol. The number of amides is 1. The first-order valence-electron chi connectivity index (χ1n) is 9.86. The summed E-state index contributed by atoms with van der Waals surface area (Å²) >= 11 is 0. The van der Waals surface area contributed by atoms with Crippen molar-refractivity contribution in [1.82, 2.24) is 5.32 Å². The van der Waals surface area contributed by atoms with Crippen LogP contribution in [0.3, 0.4) is 0 Å². The maximum atomic E-state index is 13.3. The molecule has 0 spiro atoms. The summed E-state index contributed by atoms with van der Waals surface area (Å²) in [4.78, 5) is 13.1. The summed E-state index contributed by atoms with van der Waals surface area (Å²) in [5.74, 6) is -0.346. The monoisotopic (exact) mass is 420 g/mol. The van der Waals surface area contributed by atoms with Gasteiger partial charge in [-0.3, -0.25) is 9.10 Å². The number of carbonyl (C=O) groups is 1. The van der Waals surface area contributed by atoms with Crippen LogP contribution in [-0.2, 0) is 14.8 Å². The van der Waals surface area contributed by atoms with Crippen LogP contribution in [0.15, 0.2) is 71.6 Å². The number of para-hydroxylation sites is 1. The van der Waals surface area contributed by atoms with Gasteiger partial charge in [0.1, 0.15) is 6.54 Å². The Hall–Kier alpha value is -3.12. The lowest BCUT2D eigenvalue weighted by Crippen LogP contribution is -2.43. The van der Waals surface area contributed by atoms with Crippen molar-refractivity contribution in [2.45, 2.75) is 31.7 Å².